The molecule has 766 valence electrons. The van der Waals surface area contributed by atoms with Crippen LogP contribution >= 0.6 is 0 Å². The van der Waals surface area contributed by atoms with Gasteiger partial charge in [0.05, 0.1) is 17.6 Å². The number of rotatable bonds is 31. The molecule has 5 unspecified atom stereocenters. The topological polar surface area (TPSA) is 89.5 Å². The van der Waals surface area contributed by atoms with Gasteiger partial charge in [0.15, 0.2) is 6.29 Å². The molecule has 8 heteroatoms. The molecule has 0 radical (unpaired) electrons. The Hall–Kier alpha value is -2.26. The second kappa shape index (κ2) is 47.3. The minimum absolute atomic E-state index is 0.0266. The van der Waals surface area contributed by atoms with Crippen LogP contribution in [0.5, 0.6) is 0 Å². The lowest BCUT2D eigenvalue weighted by Gasteiger charge is -2.55. The van der Waals surface area contributed by atoms with E-state index in [9.17, 15) is 9.59 Å². The van der Waals surface area contributed by atoms with E-state index in [4.69, 9.17) is 28.4 Å². The second-order valence-corrected chi connectivity index (χ2v) is 54.4. The fourth-order valence-electron chi connectivity index (χ4n) is 37.3. The lowest BCUT2D eigenvalue weighted by atomic mass is 9.50. The Morgan fingerprint density at radius 1 is 0.366 bits per heavy atom. The van der Waals surface area contributed by atoms with Gasteiger partial charge >= 0.3 is 11.9 Å². The number of ether oxygens (including phenoxy) is 6. The summed E-state index contributed by atoms with van der Waals surface area (Å²) in [6, 6.07) is 0. The van der Waals surface area contributed by atoms with Crippen LogP contribution < -0.4 is 0 Å². The lowest BCUT2D eigenvalue weighted by Crippen LogP contribution is -2.46. The predicted octanol–water partition coefficient (Wildman–Crippen LogP) is 35.5. The SMILES string of the molecule is CCC1C[C@@H]2[C@H](CC[C@]3(C)[C@@H]([C@H](C)CCCC(C)C)CC[C@@H]23)C2=C1C[C@@H](OC(=O)C(C)(C)C)CC2.CCC1C[C@@H]2[C@H](CC[C@]3(C)[C@@H]([C@H](C)CCCC(C)C)CC[C@@H]23)C2=C1C[C@@H](OC(C)=O)CC2.CCC1C[C@@H]2[C@H](CC[C@]3(C)[C@@H]([C@H](C)CCCC(C)C)CC[C@@H]23)C2=C1C[C@@H](OC1CCCCO1)CC2.CCC1C[C@@H]2[C@H](CC[C@]3(C)[C@@H]([C@H](C)CCCC(C)C)CC[C@@H]23)C2=C1C[C@@H](OCOC)CC2. The highest BCUT2D eigenvalue weighted by atomic mass is 16.7. The Balaban J connectivity index is 0.000000143. The minimum atomic E-state index is -0.407. The van der Waals surface area contributed by atoms with Gasteiger partial charge in [-0.15, -0.1) is 0 Å². The molecule has 1 saturated heterocycles. The Morgan fingerprint density at radius 3 is 0.948 bits per heavy atom. The van der Waals surface area contributed by atoms with E-state index >= 15 is 0 Å². The Kier molecular flexibility index (Phi) is 37.9. The number of carbonyl (C=O) groups is 2. The lowest BCUT2D eigenvalue weighted by molar-refractivity contribution is -0.190. The highest BCUT2D eigenvalue weighted by molar-refractivity contribution is 5.75. The minimum Gasteiger partial charge on any atom is -0.462 e. The van der Waals surface area contributed by atoms with E-state index in [-0.39, 0.29) is 30.4 Å². The summed E-state index contributed by atoms with van der Waals surface area (Å²) in [6.45, 7) is 58.8. The van der Waals surface area contributed by atoms with Gasteiger partial charge in [-0.2, -0.15) is 0 Å². The summed E-state index contributed by atoms with van der Waals surface area (Å²) in [5.74, 6) is 24.7. The third-order valence-electron chi connectivity index (χ3n) is 44.0. The monoisotopic (exact) mass is 1860 g/mol. The molecule has 0 amide bonds. The fraction of sp³-hybridized carbons (Fsp3) is 0.921. The molecule has 1 aliphatic heterocycles. The molecule has 0 spiro atoms. The molecule has 17 aliphatic rings. The summed E-state index contributed by atoms with van der Waals surface area (Å²) in [5, 5.41) is 0. The van der Waals surface area contributed by atoms with Gasteiger partial charge in [0, 0.05) is 33.5 Å². The molecule has 0 N–H and O–H groups in total. The van der Waals surface area contributed by atoms with Crippen LogP contribution in [-0.2, 0) is 38.0 Å². The molecular weight excluding hydrogens is 1640 g/mol. The van der Waals surface area contributed by atoms with Crippen molar-refractivity contribution < 1.29 is 38.0 Å². The fourth-order valence-corrected chi connectivity index (χ4v) is 37.3. The maximum Gasteiger partial charge on any atom is 0.311 e. The van der Waals surface area contributed by atoms with E-state index in [0.717, 1.165) is 198 Å². The van der Waals surface area contributed by atoms with Crippen molar-refractivity contribution in [3.63, 3.8) is 0 Å². The number of hydrogen-bond donors (Lipinski definition) is 0. The largest absolute Gasteiger partial charge is 0.462 e. The molecule has 1 heterocycles. The Morgan fingerprint density at radius 2 is 0.664 bits per heavy atom. The summed E-state index contributed by atoms with van der Waals surface area (Å²) in [6.07, 6.45) is 70.1. The zero-order valence-corrected chi connectivity index (χ0v) is 92.3. The van der Waals surface area contributed by atoms with E-state index < -0.39 is 5.41 Å². The van der Waals surface area contributed by atoms with Crippen LogP contribution in [0.4, 0.5) is 0 Å². The number of fused-ring (bicyclic) bond motifs is 16. The highest BCUT2D eigenvalue weighted by Gasteiger charge is 2.63. The Labute approximate surface area is 827 Å². The van der Waals surface area contributed by atoms with Gasteiger partial charge in [0.2, 0.25) is 0 Å². The highest BCUT2D eigenvalue weighted by Crippen LogP contribution is 2.72. The van der Waals surface area contributed by atoms with Crippen LogP contribution in [-0.4, -0.2) is 63.2 Å². The molecule has 33 atom stereocenters. The van der Waals surface area contributed by atoms with Gasteiger partial charge in [0.1, 0.15) is 19.0 Å². The van der Waals surface area contributed by atoms with Gasteiger partial charge < -0.3 is 28.4 Å². The van der Waals surface area contributed by atoms with Crippen LogP contribution in [0.25, 0.3) is 0 Å². The number of methoxy groups -OCH3 is 1. The van der Waals surface area contributed by atoms with Gasteiger partial charge in [-0.25, -0.2) is 0 Å². The molecule has 0 aromatic rings. The normalized spacial score (nSPS) is 40.2. The first kappa shape index (κ1) is 107. The van der Waals surface area contributed by atoms with Crippen LogP contribution in [0.15, 0.2) is 44.6 Å². The molecule has 0 bridgehead atoms. The summed E-state index contributed by atoms with van der Waals surface area (Å²) >= 11 is 0. The van der Waals surface area contributed by atoms with Crippen molar-refractivity contribution in [1.29, 1.82) is 0 Å². The molecular formula is C126H214O8. The standard InChI is InChI=1S/2C33H56O2.C30H52O2.C30H50O2/c1-6-24-20-29-27(26-14-13-25(21-28(24)26)35-32-12-7-8-19-34-32)17-18-33(5)30(15-16-31(29)33)23(4)11-9-10-22(2)3;1-9-23-19-28-26(25-14-13-24(20-27(23)25)35-31(34)32(5,6)7)17-18-33(8)29(15-16-30(28)33)22(4)12-10-11-21(2)3;1-7-22-17-27-25(24-12-11-23(18-26(22)24)32-19-31-6)15-16-30(5)28(13-14-29(27)30)21(4)10-8-9-20(2)3;1-7-22-17-27-25(24-12-11-23(18-26(22)24)32-21(5)31)15-16-30(6)28(13-14-29(27)30)20(4)10-8-9-19(2)3/h22-25,27,29-32H,6-21H2,1-5H3;21-24,26,28-30H,9-20H2,1-8H3;20-23,25,27-29H,7-19H2,1-6H3;19-20,22-23,25,27-29H,7-18H2,1-6H3/t23-,24?,25+,27-,29-,30-,31+,32?,33-;22-,23?,24+,26-,28-,29-,30+,33-;21-,22?,23+,25-,27-,28-,29+,30-;20-,22?,23+,25-,27-,28-,29+,30-/m1111/s1. The number of hydrogen-bond acceptors (Lipinski definition) is 8. The third-order valence-corrected chi connectivity index (χ3v) is 44.0. The van der Waals surface area contributed by atoms with Crippen LogP contribution in [0.1, 0.15) is 494 Å². The van der Waals surface area contributed by atoms with Gasteiger partial charge in [-0.3, -0.25) is 9.59 Å². The van der Waals surface area contributed by atoms with Crippen molar-refractivity contribution in [3.05, 3.63) is 44.6 Å². The van der Waals surface area contributed by atoms with Crippen molar-refractivity contribution in [2.45, 2.75) is 524 Å². The summed E-state index contributed by atoms with van der Waals surface area (Å²) in [5.41, 5.74) is 16.5. The second-order valence-electron chi connectivity index (χ2n) is 54.4. The van der Waals surface area contributed by atoms with Crippen molar-refractivity contribution in [2.24, 2.45) is 193 Å². The van der Waals surface area contributed by atoms with Crippen molar-refractivity contribution in [2.75, 3.05) is 20.5 Å². The average molecular weight is 1860 g/mol. The molecule has 0 aromatic heterocycles. The zero-order valence-electron chi connectivity index (χ0n) is 92.3. The summed E-state index contributed by atoms with van der Waals surface area (Å²) in [4.78, 5) is 24.1. The molecule has 134 heavy (non-hydrogen) atoms. The molecule has 16 aliphatic carbocycles. The molecule has 17 rings (SSSR count). The van der Waals surface area contributed by atoms with Crippen molar-refractivity contribution >= 4 is 11.9 Å². The van der Waals surface area contributed by atoms with Gasteiger partial charge in [0.25, 0.3) is 0 Å². The van der Waals surface area contributed by atoms with Crippen LogP contribution in [0, 0.1) is 193 Å². The average Bonchev–Trinajstić information content (AvgIpc) is 1.49. The smallest absolute Gasteiger partial charge is 0.311 e. The van der Waals surface area contributed by atoms with E-state index in [2.05, 4.69) is 138 Å². The molecule has 0 aromatic carbocycles. The molecule has 8 nitrogen and oxygen atoms in total. The van der Waals surface area contributed by atoms with Crippen molar-refractivity contribution in [3.8, 4) is 0 Å². The summed E-state index contributed by atoms with van der Waals surface area (Å²) in [7, 11) is 1.74. The molecule has 8 saturated carbocycles. The van der Waals surface area contributed by atoms with Gasteiger partial charge in [-0.1, -0.05) is 260 Å². The quantitative estimate of drug-likeness (QED) is 0.0385. The van der Waals surface area contributed by atoms with E-state index in [1.807, 2.05) is 54.2 Å². The number of carbonyl (C=O) groups excluding carboxylic acids is 2. The Bertz CT molecular complexity index is 3850. The molecule has 9 fully saturated rings. The third kappa shape index (κ3) is 23.9. The number of allylic oxidation sites excluding steroid dienone is 4. The van der Waals surface area contributed by atoms with Crippen LogP contribution in [0.2, 0.25) is 0 Å². The van der Waals surface area contributed by atoms with Gasteiger partial charge in [-0.05, 0) is 446 Å². The predicted molar refractivity (Wildman–Crippen MR) is 561 cm³/mol. The zero-order chi connectivity index (χ0) is 96.0. The maximum absolute atomic E-state index is 12.6. The van der Waals surface area contributed by atoms with Crippen molar-refractivity contribution in [1.82, 2.24) is 0 Å². The first-order chi connectivity index (χ1) is 64.0. The summed E-state index contributed by atoms with van der Waals surface area (Å²) < 4.78 is 35.4. The van der Waals surface area contributed by atoms with Crippen LogP contribution in [0.3, 0.4) is 0 Å². The maximum atomic E-state index is 12.6. The number of esters is 2. The van der Waals surface area contributed by atoms with E-state index in [0.29, 0.717) is 46.6 Å². The first-order valence-corrected chi connectivity index (χ1v) is 59.6. The van der Waals surface area contributed by atoms with E-state index in [1.165, 1.54) is 295 Å². The van der Waals surface area contributed by atoms with E-state index in [1.54, 1.807) is 25.2 Å². The first-order valence-electron chi connectivity index (χ1n) is 59.6.